The van der Waals surface area contributed by atoms with Crippen molar-refractivity contribution in [3.63, 3.8) is 0 Å². The summed E-state index contributed by atoms with van der Waals surface area (Å²) in [5.74, 6) is -1.24. The Labute approximate surface area is 196 Å². The molecule has 1 amide bonds. The van der Waals surface area contributed by atoms with Crippen LogP contribution in [0.1, 0.15) is 82.2 Å². The van der Waals surface area contributed by atoms with Crippen LogP contribution in [0.4, 0.5) is 4.39 Å². The van der Waals surface area contributed by atoms with Crippen LogP contribution in [0.3, 0.4) is 0 Å². The number of nitrogens with one attached hydrogen (secondary N) is 1. The van der Waals surface area contributed by atoms with Crippen molar-refractivity contribution >= 4 is 29.0 Å². The molecule has 0 atom stereocenters. The van der Waals surface area contributed by atoms with Crippen LogP contribution in [0.2, 0.25) is 0 Å². The van der Waals surface area contributed by atoms with E-state index in [0.717, 1.165) is 0 Å². The summed E-state index contributed by atoms with van der Waals surface area (Å²) in [7, 11) is 0. The number of amides is 1. The highest BCUT2D eigenvalue weighted by Crippen LogP contribution is 2.43. The molecule has 1 aromatic heterocycles. The van der Waals surface area contributed by atoms with Gasteiger partial charge in [0.25, 0.3) is 5.91 Å². The smallest absolute Gasteiger partial charge is 0.306 e. The number of Topliss-reactive ketones (excluding diaryl/α,β-unsaturated/α-hetero) is 1. The van der Waals surface area contributed by atoms with E-state index in [2.05, 4.69) is 5.32 Å². The molecule has 4 rings (SSSR count). The van der Waals surface area contributed by atoms with Gasteiger partial charge in [-0.25, -0.2) is 4.39 Å². The number of halogens is 1. The molecule has 2 aromatic rings. The number of aliphatic carboxylic acids is 1. The Hall–Kier alpha value is -2.74. The second-order valence-corrected chi connectivity index (χ2v) is 9.95. The van der Waals surface area contributed by atoms with Crippen molar-refractivity contribution in [3.8, 4) is 5.75 Å². The van der Waals surface area contributed by atoms with E-state index in [1.807, 2.05) is 12.1 Å². The van der Waals surface area contributed by atoms with Gasteiger partial charge in [0, 0.05) is 23.9 Å². The summed E-state index contributed by atoms with van der Waals surface area (Å²) in [4.78, 5) is 37.6. The normalized spacial score (nSPS) is 20.3. The number of ketones is 1. The van der Waals surface area contributed by atoms with E-state index >= 15 is 0 Å². The second kappa shape index (κ2) is 10.5. The number of carboxylic acids is 1. The Morgan fingerprint density at radius 2 is 1.82 bits per heavy atom. The summed E-state index contributed by atoms with van der Waals surface area (Å²) in [6.07, 6.45) is 5.12. The molecule has 1 aromatic carbocycles. The van der Waals surface area contributed by atoms with Gasteiger partial charge in [0.2, 0.25) is 0 Å². The molecule has 176 valence electrons. The SMILES string of the molecule is O=C(NCCCC(=O)c1ccc(OC2CCC(C(=O)O)CC2)cc1F)c1ccc(C2CC2)s1. The van der Waals surface area contributed by atoms with Crippen LogP contribution in [0, 0.1) is 11.7 Å². The van der Waals surface area contributed by atoms with Gasteiger partial charge < -0.3 is 15.2 Å². The third kappa shape index (κ3) is 6.19. The molecule has 33 heavy (non-hydrogen) atoms. The summed E-state index contributed by atoms with van der Waals surface area (Å²) in [5.41, 5.74) is 0.00981. The van der Waals surface area contributed by atoms with E-state index in [1.165, 1.54) is 41.2 Å². The number of benzene rings is 1. The van der Waals surface area contributed by atoms with Gasteiger partial charge in [0.1, 0.15) is 11.6 Å². The van der Waals surface area contributed by atoms with Crippen molar-refractivity contribution in [3.05, 3.63) is 51.5 Å². The monoisotopic (exact) mass is 473 g/mol. The zero-order chi connectivity index (χ0) is 23.4. The third-order valence-corrected chi connectivity index (χ3v) is 7.51. The molecule has 0 unspecified atom stereocenters. The van der Waals surface area contributed by atoms with Crippen LogP contribution in [-0.4, -0.2) is 35.4 Å². The molecule has 2 N–H and O–H groups in total. The van der Waals surface area contributed by atoms with Gasteiger partial charge >= 0.3 is 5.97 Å². The minimum atomic E-state index is -0.781. The molecule has 6 nitrogen and oxygen atoms in total. The van der Waals surface area contributed by atoms with Crippen molar-refractivity contribution in [1.82, 2.24) is 5.32 Å². The molecule has 8 heteroatoms. The van der Waals surface area contributed by atoms with E-state index in [4.69, 9.17) is 9.84 Å². The van der Waals surface area contributed by atoms with Crippen molar-refractivity contribution in [2.45, 2.75) is 63.4 Å². The Morgan fingerprint density at radius 3 is 2.48 bits per heavy atom. The fourth-order valence-corrected chi connectivity index (χ4v) is 5.24. The Kier molecular flexibility index (Phi) is 7.42. The molecular weight excluding hydrogens is 445 g/mol. The maximum atomic E-state index is 14.5. The first-order valence-electron chi connectivity index (χ1n) is 11.5. The fourth-order valence-electron chi connectivity index (χ4n) is 4.15. The first kappa shape index (κ1) is 23.4. The highest BCUT2D eigenvalue weighted by atomic mass is 32.1. The van der Waals surface area contributed by atoms with Crippen LogP contribution in [-0.2, 0) is 4.79 Å². The van der Waals surface area contributed by atoms with Gasteiger partial charge in [-0.2, -0.15) is 0 Å². The quantitative estimate of drug-likeness (QED) is 0.366. The summed E-state index contributed by atoms with van der Waals surface area (Å²) < 4.78 is 20.3. The van der Waals surface area contributed by atoms with Gasteiger partial charge in [0.05, 0.1) is 22.5 Å². The van der Waals surface area contributed by atoms with E-state index in [0.29, 0.717) is 55.2 Å². The molecular formula is C25H28FNO5S. The Morgan fingerprint density at radius 1 is 1.06 bits per heavy atom. The molecule has 1 heterocycles. The lowest BCUT2D eigenvalue weighted by Gasteiger charge is -2.26. The largest absolute Gasteiger partial charge is 0.490 e. The molecule has 2 aliphatic carbocycles. The van der Waals surface area contributed by atoms with Crippen LogP contribution < -0.4 is 10.1 Å². The highest BCUT2D eigenvalue weighted by molar-refractivity contribution is 7.14. The lowest BCUT2D eigenvalue weighted by molar-refractivity contribution is -0.143. The average Bonchev–Trinajstić information content (AvgIpc) is 3.53. The number of thiophene rings is 1. The van der Waals surface area contributed by atoms with Crippen molar-refractivity contribution < 1.29 is 28.6 Å². The number of hydrogen-bond acceptors (Lipinski definition) is 5. The summed E-state index contributed by atoms with van der Waals surface area (Å²) in [5, 5.41) is 11.9. The van der Waals surface area contributed by atoms with Crippen LogP contribution in [0.5, 0.6) is 5.75 Å². The third-order valence-electron chi connectivity index (χ3n) is 6.26. The summed E-state index contributed by atoms with van der Waals surface area (Å²) in [6.45, 7) is 0.350. The molecule has 2 aliphatic rings. The highest BCUT2D eigenvalue weighted by Gasteiger charge is 2.27. The maximum absolute atomic E-state index is 14.5. The van der Waals surface area contributed by atoms with Gasteiger partial charge in [-0.15, -0.1) is 11.3 Å². The first-order valence-corrected chi connectivity index (χ1v) is 12.3. The predicted molar refractivity (Wildman–Crippen MR) is 123 cm³/mol. The number of carbonyl (C=O) groups excluding carboxylic acids is 2. The van der Waals surface area contributed by atoms with Crippen molar-refractivity contribution in [2.75, 3.05) is 6.54 Å². The van der Waals surface area contributed by atoms with E-state index in [-0.39, 0.29) is 35.7 Å². The lowest BCUT2D eigenvalue weighted by Crippen LogP contribution is -2.27. The Balaban J connectivity index is 1.20. The minimum Gasteiger partial charge on any atom is -0.490 e. The van der Waals surface area contributed by atoms with Gasteiger partial charge in [-0.3, -0.25) is 14.4 Å². The standard InChI is InChI=1S/C25H28FNO5S/c26-20-14-18(32-17-7-5-16(6-8-17)25(30)31)9-10-19(20)21(28)2-1-13-27-24(29)23-12-11-22(33-23)15-3-4-15/h9-12,14-17H,1-8,13H2,(H,27,29)(H,30,31). The van der Waals surface area contributed by atoms with Crippen LogP contribution in [0.15, 0.2) is 30.3 Å². The fraction of sp³-hybridized carbons (Fsp3) is 0.480. The number of rotatable bonds is 10. The van der Waals surface area contributed by atoms with E-state index < -0.39 is 11.8 Å². The number of ether oxygens (including phenoxy) is 1. The van der Waals surface area contributed by atoms with Crippen LogP contribution in [0.25, 0.3) is 0 Å². The Bertz CT molecular complexity index is 1020. The van der Waals surface area contributed by atoms with Crippen LogP contribution >= 0.6 is 11.3 Å². The molecule has 0 bridgehead atoms. The topological polar surface area (TPSA) is 92.7 Å². The summed E-state index contributed by atoms with van der Waals surface area (Å²) >= 11 is 1.52. The minimum absolute atomic E-state index is 0.00981. The maximum Gasteiger partial charge on any atom is 0.306 e. The zero-order valence-corrected chi connectivity index (χ0v) is 19.2. The predicted octanol–water partition coefficient (Wildman–Crippen LogP) is 5.18. The molecule has 0 spiro atoms. The van der Waals surface area contributed by atoms with Gasteiger partial charge in [-0.1, -0.05) is 0 Å². The molecule has 2 saturated carbocycles. The number of hydrogen-bond donors (Lipinski definition) is 2. The molecule has 0 saturated heterocycles. The number of carbonyl (C=O) groups is 3. The van der Waals surface area contributed by atoms with E-state index in [1.54, 1.807) is 6.07 Å². The zero-order valence-electron chi connectivity index (χ0n) is 18.3. The molecule has 2 fully saturated rings. The lowest BCUT2D eigenvalue weighted by atomic mass is 9.87. The van der Waals surface area contributed by atoms with Gasteiger partial charge in [-0.05, 0) is 75.1 Å². The van der Waals surface area contributed by atoms with Crippen molar-refractivity contribution in [1.29, 1.82) is 0 Å². The summed E-state index contributed by atoms with van der Waals surface area (Å²) in [6, 6.07) is 8.08. The second-order valence-electron chi connectivity index (χ2n) is 8.83. The van der Waals surface area contributed by atoms with Crippen molar-refractivity contribution in [2.24, 2.45) is 5.92 Å². The van der Waals surface area contributed by atoms with Gasteiger partial charge in [0.15, 0.2) is 5.78 Å². The number of carboxylic acid groups (broad SMARTS) is 1. The molecule has 0 aliphatic heterocycles. The molecule has 0 radical (unpaired) electrons. The first-order chi connectivity index (χ1) is 15.9. The van der Waals surface area contributed by atoms with E-state index in [9.17, 15) is 18.8 Å². The average molecular weight is 474 g/mol.